The third-order valence-corrected chi connectivity index (χ3v) is 1.41. The first-order valence-electron chi connectivity index (χ1n) is 1.85. The highest BCUT2D eigenvalue weighted by Gasteiger charge is 1.98. The number of hydrogen-bond donors (Lipinski definition) is 3. The highest BCUT2D eigenvalue weighted by atomic mass is 32.2. The molecule has 0 atom stereocenters. The van der Waals surface area contributed by atoms with Crippen LogP contribution in [0.5, 0.6) is 0 Å². The standard InChI is InChI=1S/C3H9NOS2/c1-4(2-5)3(6)7/h3,5-7H,2H2,1H3. The van der Waals surface area contributed by atoms with Gasteiger partial charge in [-0.3, -0.25) is 4.90 Å². The number of aliphatic hydroxyl groups is 1. The predicted molar refractivity (Wildman–Crippen MR) is 36.6 cm³/mol. The summed E-state index contributed by atoms with van der Waals surface area (Å²) in [6.45, 7) is -0.00231. The van der Waals surface area contributed by atoms with E-state index in [0.717, 1.165) is 0 Å². The normalized spacial score (nSPS) is 11.1. The fraction of sp³-hybridized carbons (Fsp3) is 1.00. The Morgan fingerprint density at radius 2 is 2.14 bits per heavy atom. The SMILES string of the molecule is CN(CO)C(S)S. The Labute approximate surface area is 54.3 Å². The fourth-order valence-corrected chi connectivity index (χ4v) is 0.219. The Morgan fingerprint density at radius 1 is 1.71 bits per heavy atom. The Hall–Kier alpha value is 0.620. The van der Waals surface area contributed by atoms with Crippen molar-refractivity contribution in [2.24, 2.45) is 0 Å². The summed E-state index contributed by atoms with van der Waals surface area (Å²) in [5, 5.41) is 8.33. The van der Waals surface area contributed by atoms with Crippen LogP contribution < -0.4 is 0 Å². The fourth-order valence-electron chi connectivity index (χ4n) is 0.0730. The van der Waals surface area contributed by atoms with Gasteiger partial charge >= 0.3 is 0 Å². The van der Waals surface area contributed by atoms with Gasteiger partial charge in [0.1, 0.15) is 0 Å². The van der Waals surface area contributed by atoms with Crippen LogP contribution in [0.15, 0.2) is 0 Å². The van der Waals surface area contributed by atoms with Gasteiger partial charge in [-0.05, 0) is 7.05 Å². The zero-order chi connectivity index (χ0) is 5.86. The second-order valence-corrected chi connectivity index (χ2v) is 2.63. The van der Waals surface area contributed by atoms with Crippen LogP contribution in [-0.4, -0.2) is 28.5 Å². The second-order valence-electron chi connectivity index (χ2n) is 1.24. The van der Waals surface area contributed by atoms with E-state index in [0.29, 0.717) is 0 Å². The molecule has 1 N–H and O–H groups in total. The van der Waals surface area contributed by atoms with E-state index in [9.17, 15) is 0 Å². The lowest BCUT2D eigenvalue weighted by atomic mass is 10.9. The predicted octanol–water partition coefficient (Wildman–Crippen LogP) is 0.0112. The molecule has 0 aliphatic rings. The Balaban J connectivity index is 3.14. The zero-order valence-corrected chi connectivity index (χ0v) is 5.86. The van der Waals surface area contributed by atoms with Crippen LogP contribution >= 0.6 is 25.3 Å². The Bertz CT molecular complexity index is 50.2. The average Bonchev–Trinajstić information content (AvgIpc) is 1.65. The van der Waals surface area contributed by atoms with Crippen LogP contribution in [0.2, 0.25) is 0 Å². The molecule has 0 spiro atoms. The summed E-state index contributed by atoms with van der Waals surface area (Å²) < 4.78 is -0.162. The molecule has 0 aromatic carbocycles. The van der Waals surface area contributed by atoms with Gasteiger partial charge < -0.3 is 5.11 Å². The molecule has 0 bridgehead atoms. The van der Waals surface area contributed by atoms with Crippen LogP contribution in [0.1, 0.15) is 0 Å². The second kappa shape index (κ2) is 3.60. The maximum absolute atomic E-state index is 8.33. The van der Waals surface area contributed by atoms with Gasteiger partial charge in [-0.2, -0.15) is 0 Å². The van der Waals surface area contributed by atoms with E-state index in [1.807, 2.05) is 0 Å². The van der Waals surface area contributed by atoms with Crippen molar-refractivity contribution in [3.8, 4) is 0 Å². The largest absolute Gasteiger partial charge is 0.381 e. The lowest BCUT2D eigenvalue weighted by molar-refractivity contribution is 0.145. The van der Waals surface area contributed by atoms with Crippen LogP contribution in [0.3, 0.4) is 0 Å². The average molecular weight is 139 g/mol. The summed E-state index contributed by atoms with van der Waals surface area (Å²) in [6, 6.07) is 0. The molecular weight excluding hydrogens is 130 g/mol. The molecule has 44 valence electrons. The molecule has 0 rings (SSSR count). The molecule has 0 unspecified atom stereocenters. The van der Waals surface area contributed by atoms with Gasteiger partial charge in [-0.15, -0.1) is 25.3 Å². The first-order valence-corrected chi connectivity index (χ1v) is 2.89. The summed E-state index contributed by atoms with van der Waals surface area (Å²) in [4.78, 5) is 1.58. The van der Waals surface area contributed by atoms with E-state index in [1.165, 1.54) is 0 Å². The quantitative estimate of drug-likeness (QED) is 0.371. The lowest BCUT2D eigenvalue weighted by Crippen LogP contribution is -2.23. The zero-order valence-electron chi connectivity index (χ0n) is 4.07. The smallest absolute Gasteiger partial charge is 0.0984 e. The molecular formula is C3H9NOS2. The Kier molecular flexibility index (Phi) is 3.92. The molecule has 0 aromatic rings. The summed E-state index contributed by atoms with van der Waals surface area (Å²) in [5.41, 5.74) is 0. The highest BCUT2D eigenvalue weighted by molar-refractivity contribution is 7.99. The van der Waals surface area contributed by atoms with E-state index < -0.39 is 0 Å². The summed E-state index contributed by atoms with van der Waals surface area (Å²) in [5.74, 6) is 0. The van der Waals surface area contributed by atoms with Gasteiger partial charge in [0, 0.05) is 0 Å². The Morgan fingerprint density at radius 3 is 2.14 bits per heavy atom. The van der Waals surface area contributed by atoms with Crippen LogP contribution in [0.4, 0.5) is 0 Å². The topological polar surface area (TPSA) is 23.5 Å². The van der Waals surface area contributed by atoms with Crippen LogP contribution in [0.25, 0.3) is 0 Å². The molecule has 0 radical (unpaired) electrons. The first kappa shape index (κ1) is 7.62. The van der Waals surface area contributed by atoms with Gasteiger partial charge in [0.05, 0.1) is 11.4 Å². The van der Waals surface area contributed by atoms with Gasteiger partial charge in [-0.1, -0.05) is 0 Å². The maximum Gasteiger partial charge on any atom is 0.0984 e. The molecule has 0 aliphatic heterocycles. The van der Waals surface area contributed by atoms with Crippen LogP contribution in [-0.2, 0) is 0 Å². The summed E-state index contributed by atoms with van der Waals surface area (Å²) in [7, 11) is 1.73. The van der Waals surface area contributed by atoms with Gasteiger partial charge in [-0.25, -0.2) is 0 Å². The van der Waals surface area contributed by atoms with Crippen molar-refractivity contribution >= 4 is 25.3 Å². The minimum absolute atomic E-state index is 0.00231. The molecule has 0 fully saturated rings. The number of nitrogens with zero attached hydrogens (tertiary/aromatic N) is 1. The van der Waals surface area contributed by atoms with E-state index >= 15 is 0 Å². The molecule has 0 saturated carbocycles. The number of thiol groups is 2. The van der Waals surface area contributed by atoms with Gasteiger partial charge in [0.2, 0.25) is 0 Å². The van der Waals surface area contributed by atoms with Crippen molar-refractivity contribution in [2.45, 2.75) is 4.71 Å². The molecule has 0 saturated heterocycles. The van der Waals surface area contributed by atoms with E-state index in [1.54, 1.807) is 11.9 Å². The number of aliphatic hydroxyl groups excluding tert-OH is 1. The van der Waals surface area contributed by atoms with Crippen molar-refractivity contribution in [2.75, 3.05) is 13.8 Å². The highest BCUT2D eigenvalue weighted by Crippen LogP contribution is 2.02. The molecule has 0 aromatic heterocycles. The number of rotatable bonds is 2. The molecule has 2 nitrogen and oxygen atoms in total. The van der Waals surface area contributed by atoms with E-state index in [4.69, 9.17) is 5.11 Å². The van der Waals surface area contributed by atoms with Crippen molar-refractivity contribution in [3.05, 3.63) is 0 Å². The molecule has 0 amide bonds. The van der Waals surface area contributed by atoms with E-state index in [-0.39, 0.29) is 11.4 Å². The minimum atomic E-state index is -0.162. The maximum atomic E-state index is 8.33. The molecule has 4 heteroatoms. The lowest BCUT2D eigenvalue weighted by Gasteiger charge is -2.14. The number of hydrogen-bond acceptors (Lipinski definition) is 4. The van der Waals surface area contributed by atoms with Gasteiger partial charge in [0.25, 0.3) is 0 Å². The third kappa shape index (κ3) is 3.22. The van der Waals surface area contributed by atoms with Crippen molar-refractivity contribution in [1.82, 2.24) is 4.90 Å². The first-order chi connectivity index (χ1) is 3.18. The molecule has 7 heavy (non-hydrogen) atoms. The summed E-state index contributed by atoms with van der Waals surface area (Å²) >= 11 is 7.81. The molecule has 0 heterocycles. The van der Waals surface area contributed by atoms with Gasteiger partial charge in [0.15, 0.2) is 0 Å². The van der Waals surface area contributed by atoms with Crippen molar-refractivity contribution in [1.29, 1.82) is 0 Å². The van der Waals surface area contributed by atoms with Crippen LogP contribution in [0, 0.1) is 0 Å². The van der Waals surface area contributed by atoms with Crippen molar-refractivity contribution in [3.63, 3.8) is 0 Å². The summed E-state index contributed by atoms with van der Waals surface area (Å²) in [6.07, 6.45) is 0. The minimum Gasteiger partial charge on any atom is -0.381 e. The van der Waals surface area contributed by atoms with Crippen molar-refractivity contribution < 1.29 is 5.11 Å². The third-order valence-electron chi connectivity index (χ3n) is 0.617. The van der Waals surface area contributed by atoms with E-state index in [2.05, 4.69) is 25.3 Å². The monoisotopic (exact) mass is 139 g/mol. The molecule has 0 aliphatic carbocycles.